The van der Waals surface area contributed by atoms with Gasteiger partial charge < -0.3 is 20.4 Å². The second-order valence-corrected chi connectivity index (χ2v) is 8.68. The van der Waals surface area contributed by atoms with Gasteiger partial charge in [0.15, 0.2) is 0 Å². The zero-order chi connectivity index (χ0) is 22.8. The molecule has 172 valence electrons. The number of benzene rings is 2. The number of hydrogen-bond acceptors (Lipinski definition) is 4. The quantitative estimate of drug-likeness (QED) is 0.514. The topological polar surface area (TPSA) is 64.7 Å². The van der Waals surface area contributed by atoms with Crippen molar-refractivity contribution in [3.05, 3.63) is 69.7 Å². The van der Waals surface area contributed by atoms with Gasteiger partial charge in [0.05, 0.1) is 21.2 Å². The molecular weight excluding hydrogens is 447 g/mol. The molecule has 0 aromatic heterocycles. The summed E-state index contributed by atoms with van der Waals surface area (Å²) in [5, 5.41) is 6.84. The van der Waals surface area contributed by atoms with Crippen molar-refractivity contribution in [2.45, 2.75) is 12.8 Å². The van der Waals surface area contributed by atoms with Crippen molar-refractivity contribution in [3.63, 3.8) is 0 Å². The molecule has 6 nitrogen and oxygen atoms in total. The van der Waals surface area contributed by atoms with Gasteiger partial charge >= 0.3 is 0 Å². The lowest BCUT2D eigenvalue weighted by Gasteiger charge is -2.34. The van der Waals surface area contributed by atoms with Crippen molar-refractivity contribution >= 4 is 35.0 Å². The van der Waals surface area contributed by atoms with Crippen LogP contribution in [-0.2, 0) is 0 Å². The number of piperazine rings is 1. The monoisotopic (exact) mass is 476 g/mol. The maximum absolute atomic E-state index is 12.2. The highest BCUT2D eigenvalue weighted by atomic mass is 35.5. The highest BCUT2D eigenvalue weighted by molar-refractivity contribution is 6.34. The summed E-state index contributed by atoms with van der Waals surface area (Å²) in [4.78, 5) is 29.2. The lowest BCUT2D eigenvalue weighted by molar-refractivity contribution is 0.0935. The Morgan fingerprint density at radius 2 is 1.06 bits per heavy atom. The van der Waals surface area contributed by atoms with Gasteiger partial charge in [-0.2, -0.15) is 0 Å². The number of nitrogens with zero attached hydrogens (tertiary/aromatic N) is 2. The predicted molar refractivity (Wildman–Crippen MR) is 130 cm³/mol. The first-order valence-corrected chi connectivity index (χ1v) is 11.8. The fraction of sp³-hybridized carbons (Fsp3) is 0.417. The van der Waals surface area contributed by atoms with Crippen LogP contribution in [-0.4, -0.2) is 74.0 Å². The third-order valence-electron chi connectivity index (χ3n) is 5.58. The molecule has 2 aromatic rings. The number of halogens is 2. The maximum atomic E-state index is 12.2. The predicted octanol–water partition coefficient (Wildman–Crippen LogP) is 3.55. The molecule has 2 amide bonds. The molecule has 0 saturated carbocycles. The molecule has 32 heavy (non-hydrogen) atoms. The smallest absolute Gasteiger partial charge is 0.252 e. The number of rotatable bonds is 10. The van der Waals surface area contributed by atoms with Gasteiger partial charge in [-0.1, -0.05) is 47.5 Å². The van der Waals surface area contributed by atoms with E-state index < -0.39 is 0 Å². The first-order valence-electron chi connectivity index (χ1n) is 11.0. The molecule has 2 N–H and O–H groups in total. The van der Waals surface area contributed by atoms with Crippen LogP contribution in [0.1, 0.15) is 33.6 Å². The molecular formula is C24H30Cl2N4O2. The summed E-state index contributed by atoms with van der Waals surface area (Å²) in [6.07, 6.45) is 1.81. The van der Waals surface area contributed by atoms with Crippen molar-refractivity contribution in [2.75, 3.05) is 52.4 Å². The minimum absolute atomic E-state index is 0.123. The van der Waals surface area contributed by atoms with Gasteiger partial charge in [0.25, 0.3) is 11.8 Å². The van der Waals surface area contributed by atoms with E-state index >= 15 is 0 Å². The van der Waals surface area contributed by atoms with Gasteiger partial charge in [0.2, 0.25) is 0 Å². The molecule has 8 heteroatoms. The Hall–Kier alpha value is -2.12. The number of amides is 2. The lowest BCUT2D eigenvalue weighted by atomic mass is 10.2. The Kier molecular flexibility index (Phi) is 9.81. The molecule has 3 rings (SSSR count). The van der Waals surface area contributed by atoms with E-state index in [-0.39, 0.29) is 11.8 Å². The number of carbonyl (C=O) groups is 2. The van der Waals surface area contributed by atoms with Crippen molar-refractivity contribution in [1.29, 1.82) is 0 Å². The number of hydrogen-bond donors (Lipinski definition) is 2. The van der Waals surface area contributed by atoms with Crippen LogP contribution in [0, 0.1) is 0 Å². The van der Waals surface area contributed by atoms with E-state index in [1.165, 1.54) is 0 Å². The first kappa shape index (κ1) is 24.5. The van der Waals surface area contributed by atoms with E-state index in [9.17, 15) is 9.59 Å². The minimum atomic E-state index is -0.123. The van der Waals surface area contributed by atoms with E-state index in [4.69, 9.17) is 23.2 Å². The minimum Gasteiger partial charge on any atom is -0.352 e. The summed E-state index contributed by atoms with van der Waals surface area (Å²) in [5.74, 6) is -0.246. The van der Waals surface area contributed by atoms with Crippen LogP contribution in [0.3, 0.4) is 0 Å². The van der Waals surface area contributed by atoms with Gasteiger partial charge in [-0.3, -0.25) is 9.59 Å². The molecule has 1 saturated heterocycles. The fourth-order valence-corrected chi connectivity index (χ4v) is 4.17. The fourth-order valence-electron chi connectivity index (χ4n) is 3.73. The Labute approximate surface area is 199 Å². The van der Waals surface area contributed by atoms with Crippen LogP contribution in [0.25, 0.3) is 0 Å². The van der Waals surface area contributed by atoms with E-state index in [0.717, 1.165) is 52.1 Å². The van der Waals surface area contributed by atoms with Crippen molar-refractivity contribution in [2.24, 2.45) is 0 Å². The number of carbonyl (C=O) groups excluding carboxylic acids is 2. The molecule has 0 spiro atoms. The van der Waals surface area contributed by atoms with Gasteiger partial charge in [-0.25, -0.2) is 0 Å². The lowest BCUT2D eigenvalue weighted by Crippen LogP contribution is -2.47. The first-order chi connectivity index (χ1) is 15.5. The average Bonchev–Trinajstić information content (AvgIpc) is 2.80. The Balaban J connectivity index is 1.24. The summed E-state index contributed by atoms with van der Waals surface area (Å²) in [5.41, 5.74) is 1.04. The summed E-state index contributed by atoms with van der Waals surface area (Å²) in [6.45, 7) is 7.27. The summed E-state index contributed by atoms with van der Waals surface area (Å²) in [7, 11) is 0. The Morgan fingerprint density at radius 1 is 0.688 bits per heavy atom. The highest BCUT2D eigenvalue weighted by Gasteiger charge is 2.16. The SMILES string of the molecule is O=C(NCCCN1CCN(CCCNC(=O)c2ccccc2Cl)CC1)c1ccccc1Cl. The normalized spacial score (nSPS) is 14.8. The van der Waals surface area contributed by atoms with Crippen LogP contribution >= 0.6 is 23.2 Å². The molecule has 1 aliphatic rings. The molecule has 0 atom stereocenters. The number of nitrogens with one attached hydrogen (secondary N) is 2. The molecule has 0 aliphatic carbocycles. The van der Waals surface area contributed by atoms with Crippen LogP contribution in [0.4, 0.5) is 0 Å². The van der Waals surface area contributed by atoms with Gasteiger partial charge in [0.1, 0.15) is 0 Å². The average molecular weight is 477 g/mol. The van der Waals surface area contributed by atoms with Crippen LogP contribution in [0.2, 0.25) is 10.0 Å². The summed E-state index contributed by atoms with van der Waals surface area (Å²) >= 11 is 12.1. The molecule has 1 heterocycles. The van der Waals surface area contributed by atoms with Crippen molar-refractivity contribution in [1.82, 2.24) is 20.4 Å². The van der Waals surface area contributed by atoms with E-state index in [0.29, 0.717) is 34.3 Å². The Morgan fingerprint density at radius 3 is 1.44 bits per heavy atom. The third-order valence-corrected chi connectivity index (χ3v) is 6.23. The molecule has 1 fully saturated rings. The van der Waals surface area contributed by atoms with Gasteiger partial charge in [-0.05, 0) is 50.2 Å². The Bertz CT molecular complexity index is 828. The van der Waals surface area contributed by atoms with Crippen molar-refractivity contribution < 1.29 is 9.59 Å². The van der Waals surface area contributed by atoms with Crippen LogP contribution in [0.15, 0.2) is 48.5 Å². The van der Waals surface area contributed by atoms with Gasteiger partial charge in [0, 0.05) is 39.3 Å². The highest BCUT2D eigenvalue weighted by Crippen LogP contribution is 2.15. The van der Waals surface area contributed by atoms with Crippen LogP contribution in [0.5, 0.6) is 0 Å². The second kappa shape index (κ2) is 12.8. The van der Waals surface area contributed by atoms with E-state index in [1.807, 2.05) is 24.3 Å². The van der Waals surface area contributed by atoms with Gasteiger partial charge in [-0.15, -0.1) is 0 Å². The summed E-state index contributed by atoms with van der Waals surface area (Å²) < 4.78 is 0. The van der Waals surface area contributed by atoms with Crippen molar-refractivity contribution in [3.8, 4) is 0 Å². The largest absolute Gasteiger partial charge is 0.352 e. The third kappa shape index (κ3) is 7.48. The molecule has 0 radical (unpaired) electrons. The standard InChI is InChI=1S/C24H30Cl2N4O2/c25-21-9-3-1-7-19(21)23(31)27-11-5-13-29-15-17-30(18-16-29)14-6-12-28-24(32)20-8-2-4-10-22(20)26/h1-4,7-10H,5-6,11-18H2,(H,27,31)(H,28,32). The molecule has 1 aliphatic heterocycles. The van der Waals surface area contributed by atoms with E-state index in [1.54, 1.807) is 24.3 Å². The van der Waals surface area contributed by atoms with Crippen LogP contribution < -0.4 is 10.6 Å². The van der Waals surface area contributed by atoms with E-state index in [2.05, 4.69) is 20.4 Å². The molecule has 2 aromatic carbocycles. The summed E-state index contributed by atoms with van der Waals surface area (Å²) in [6, 6.07) is 14.2. The molecule has 0 unspecified atom stereocenters. The maximum Gasteiger partial charge on any atom is 0.252 e. The molecule has 0 bridgehead atoms. The zero-order valence-corrected chi connectivity index (χ0v) is 19.7. The zero-order valence-electron chi connectivity index (χ0n) is 18.2. The second-order valence-electron chi connectivity index (χ2n) is 7.86.